The predicted molar refractivity (Wildman–Crippen MR) is 42.4 cm³/mol. The van der Waals surface area contributed by atoms with Gasteiger partial charge in [-0.25, -0.2) is 8.78 Å². The first-order valence-corrected chi connectivity index (χ1v) is 3.69. The zero-order valence-corrected chi connectivity index (χ0v) is 6.92. The first-order valence-electron chi connectivity index (χ1n) is 3.69. The Balaban J connectivity index is 3.08. The molecule has 0 saturated heterocycles. The number of carbonyl (C=O) groups is 1. The van der Waals surface area contributed by atoms with Crippen LogP contribution in [0.3, 0.4) is 0 Å². The Hall–Kier alpha value is -1.29. The number of aliphatic hydroxyl groups excluding tert-OH is 1. The van der Waals surface area contributed by atoms with Crippen molar-refractivity contribution in [1.29, 1.82) is 0 Å². The molecule has 1 aromatic carbocycles. The molecule has 0 aliphatic rings. The third kappa shape index (κ3) is 2.32. The molecule has 0 radical (unpaired) electrons. The second kappa shape index (κ2) is 3.62. The molecule has 1 rings (SSSR count). The number of hydrogen-bond donors (Lipinski definition) is 1. The van der Waals surface area contributed by atoms with Crippen LogP contribution in [0.5, 0.6) is 0 Å². The van der Waals surface area contributed by atoms with Gasteiger partial charge in [0.05, 0.1) is 0 Å². The van der Waals surface area contributed by atoms with Crippen molar-refractivity contribution in [1.82, 2.24) is 0 Å². The van der Waals surface area contributed by atoms with Crippen molar-refractivity contribution in [3.05, 3.63) is 35.4 Å². The van der Waals surface area contributed by atoms with E-state index in [2.05, 4.69) is 0 Å². The summed E-state index contributed by atoms with van der Waals surface area (Å²) in [6, 6.07) is 2.44. The van der Waals surface area contributed by atoms with E-state index in [9.17, 15) is 13.6 Å². The molecule has 0 amide bonds. The lowest BCUT2D eigenvalue weighted by molar-refractivity contribution is 0.0778. The molecule has 0 saturated carbocycles. The van der Waals surface area contributed by atoms with E-state index in [4.69, 9.17) is 5.11 Å². The molecule has 2 nitrogen and oxygen atoms in total. The summed E-state index contributed by atoms with van der Waals surface area (Å²) in [5.74, 6) is -2.36. The largest absolute Gasteiger partial charge is 0.385 e. The van der Waals surface area contributed by atoms with Crippen molar-refractivity contribution < 1.29 is 18.7 Å². The summed E-state index contributed by atoms with van der Waals surface area (Å²) in [4.78, 5) is 11.1. The van der Waals surface area contributed by atoms with Gasteiger partial charge in [-0.2, -0.15) is 0 Å². The van der Waals surface area contributed by atoms with Gasteiger partial charge in [0.15, 0.2) is 5.78 Å². The smallest absolute Gasteiger partial charge is 0.191 e. The van der Waals surface area contributed by atoms with Gasteiger partial charge < -0.3 is 5.11 Å². The lowest BCUT2D eigenvalue weighted by atomic mass is 10.1. The van der Waals surface area contributed by atoms with Crippen LogP contribution in [0.15, 0.2) is 18.2 Å². The topological polar surface area (TPSA) is 37.3 Å². The second-order valence-corrected chi connectivity index (χ2v) is 2.70. The fourth-order valence-electron chi connectivity index (χ4n) is 0.937. The van der Waals surface area contributed by atoms with Crippen molar-refractivity contribution in [2.24, 2.45) is 0 Å². The van der Waals surface area contributed by atoms with E-state index in [1.54, 1.807) is 0 Å². The quantitative estimate of drug-likeness (QED) is 0.711. The average Bonchev–Trinajstić information content (AvgIpc) is 2.01. The number of rotatable bonds is 2. The maximum Gasteiger partial charge on any atom is 0.191 e. The van der Waals surface area contributed by atoms with Gasteiger partial charge >= 0.3 is 0 Å². The zero-order chi connectivity index (χ0) is 10.0. The van der Waals surface area contributed by atoms with E-state index in [0.29, 0.717) is 6.07 Å². The van der Waals surface area contributed by atoms with Gasteiger partial charge in [-0.1, -0.05) is 0 Å². The van der Waals surface area contributed by atoms with Crippen molar-refractivity contribution in [3.63, 3.8) is 0 Å². The molecule has 0 bridgehead atoms. The highest BCUT2D eigenvalue weighted by Crippen LogP contribution is 2.09. The molecule has 0 aliphatic carbocycles. The van der Waals surface area contributed by atoms with Gasteiger partial charge in [0.25, 0.3) is 0 Å². The van der Waals surface area contributed by atoms with Crippen LogP contribution in [0.4, 0.5) is 8.78 Å². The number of halogens is 2. The third-order valence-electron chi connectivity index (χ3n) is 1.53. The van der Waals surface area contributed by atoms with Crippen LogP contribution in [0, 0.1) is 11.6 Å². The molecular formula is C9H8F2O2. The molecule has 0 heterocycles. The van der Waals surface area contributed by atoms with E-state index >= 15 is 0 Å². The Kier molecular flexibility index (Phi) is 2.72. The van der Waals surface area contributed by atoms with Crippen LogP contribution in [-0.4, -0.2) is 17.0 Å². The van der Waals surface area contributed by atoms with E-state index < -0.39 is 23.5 Å². The molecule has 1 aromatic rings. The minimum absolute atomic E-state index is 0.160. The van der Waals surface area contributed by atoms with Gasteiger partial charge in [-0.05, 0) is 19.1 Å². The van der Waals surface area contributed by atoms with Crippen molar-refractivity contribution in [3.8, 4) is 0 Å². The number of Topliss-reactive ketones (excluding diaryl/α,β-unsaturated/α-hetero) is 1. The van der Waals surface area contributed by atoms with Crippen LogP contribution in [-0.2, 0) is 0 Å². The SMILES string of the molecule is CC(O)C(=O)c1cc(F)cc(F)c1. The lowest BCUT2D eigenvalue weighted by Gasteiger charge is -2.03. The van der Waals surface area contributed by atoms with Gasteiger partial charge in [-0.15, -0.1) is 0 Å². The normalized spacial score (nSPS) is 12.6. The summed E-state index contributed by atoms with van der Waals surface area (Å²) >= 11 is 0. The standard InChI is InChI=1S/C9H8F2O2/c1-5(12)9(13)6-2-7(10)4-8(11)3-6/h2-5,12H,1H3. The van der Waals surface area contributed by atoms with E-state index in [0.717, 1.165) is 12.1 Å². The van der Waals surface area contributed by atoms with Crippen molar-refractivity contribution in [2.75, 3.05) is 0 Å². The fraction of sp³-hybridized carbons (Fsp3) is 0.222. The van der Waals surface area contributed by atoms with Crippen LogP contribution < -0.4 is 0 Å². The number of hydrogen-bond acceptors (Lipinski definition) is 2. The number of ketones is 1. The maximum atomic E-state index is 12.6. The van der Waals surface area contributed by atoms with E-state index in [1.807, 2.05) is 0 Å². The average molecular weight is 186 g/mol. The highest BCUT2D eigenvalue weighted by atomic mass is 19.1. The Morgan fingerprint density at radius 3 is 2.15 bits per heavy atom. The third-order valence-corrected chi connectivity index (χ3v) is 1.53. The van der Waals surface area contributed by atoms with Crippen LogP contribution >= 0.6 is 0 Å². The highest BCUT2D eigenvalue weighted by molar-refractivity contribution is 5.99. The summed E-state index contributed by atoms with van der Waals surface area (Å²) in [5.41, 5.74) is -0.160. The van der Waals surface area contributed by atoms with Gasteiger partial charge in [0, 0.05) is 11.6 Å². The molecule has 0 aliphatic heterocycles. The van der Waals surface area contributed by atoms with Crippen LogP contribution in [0.2, 0.25) is 0 Å². The predicted octanol–water partition coefficient (Wildman–Crippen LogP) is 1.53. The van der Waals surface area contributed by atoms with Crippen molar-refractivity contribution in [2.45, 2.75) is 13.0 Å². The minimum Gasteiger partial charge on any atom is -0.385 e. The summed E-state index contributed by atoms with van der Waals surface area (Å²) in [7, 11) is 0. The molecular weight excluding hydrogens is 178 g/mol. The molecule has 1 atom stereocenters. The molecule has 0 aromatic heterocycles. The molecule has 13 heavy (non-hydrogen) atoms. The molecule has 1 unspecified atom stereocenters. The summed E-state index contributed by atoms with van der Waals surface area (Å²) in [6.07, 6.45) is -1.25. The first-order chi connectivity index (χ1) is 6.00. The number of carbonyl (C=O) groups excluding carboxylic acids is 1. The van der Waals surface area contributed by atoms with E-state index in [-0.39, 0.29) is 5.56 Å². The first kappa shape index (κ1) is 9.80. The van der Waals surface area contributed by atoms with Crippen molar-refractivity contribution >= 4 is 5.78 Å². The number of benzene rings is 1. The summed E-state index contributed by atoms with van der Waals surface area (Å²) in [5, 5.41) is 8.86. The Bertz CT molecular complexity index is 314. The highest BCUT2D eigenvalue weighted by Gasteiger charge is 2.13. The molecule has 0 spiro atoms. The molecule has 70 valence electrons. The second-order valence-electron chi connectivity index (χ2n) is 2.70. The minimum atomic E-state index is -1.25. The zero-order valence-electron chi connectivity index (χ0n) is 6.92. The Labute approximate surface area is 73.8 Å². The maximum absolute atomic E-state index is 12.6. The van der Waals surface area contributed by atoms with Crippen LogP contribution in [0.25, 0.3) is 0 Å². The fourth-order valence-corrected chi connectivity index (χ4v) is 0.937. The molecule has 0 fully saturated rings. The van der Waals surface area contributed by atoms with Gasteiger partial charge in [-0.3, -0.25) is 4.79 Å². The number of aliphatic hydroxyl groups is 1. The van der Waals surface area contributed by atoms with E-state index in [1.165, 1.54) is 6.92 Å². The Morgan fingerprint density at radius 1 is 1.31 bits per heavy atom. The summed E-state index contributed by atoms with van der Waals surface area (Å²) < 4.78 is 25.2. The van der Waals surface area contributed by atoms with Gasteiger partial charge in [0.1, 0.15) is 17.7 Å². The van der Waals surface area contributed by atoms with Crippen LogP contribution in [0.1, 0.15) is 17.3 Å². The summed E-state index contributed by atoms with van der Waals surface area (Å²) in [6.45, 7) is 1.24. The molecule has 4 heteroatoms. The Morgan fingerprint density at radius 2 is 1.77 bits per heavy atom. The molecule has 1 N–H and O–H groups in total. The monoisotopic (exact) mass is 186 g/mol. The van der Waals surface area contributed by atoms with Gasteiger partial charge in [0.2, 0.25) is 0 Å². The lowest BCUT2D eigenvalue weighted by Crippen LogP contribution is -2.16.